The summed E-state index contributed by atoms with van der Waals surface area (Å²) in [6, 6.07) is 9.96. The van der Waals surface area contributed by atoms with E-state index in [4.69, 9.17) is 16.0 Å². The molecule has 1 heterocycles. The van der Waals surface area contributed by atoms with Gasteiger partial charge in [-0.15, -0.1) is 10.2 Å². The van der Waals surface area contributed by atoms with Gasteiger partial charge in [-0.05, 0) is 43.3 Å². The van der Waals surface area contributed by atoms with Crippen molar-refractivity contribution in [1.29, 1.82) is 0 Å². The standard InChI is InChI=1S/C17H11ClF2N2O2S/c1-9(15(23)10-5-6-13(19)14(20)8-10)25-17-22-21-16(24-17)11-3-2-4-12(18)7-11/h2-9H,1H3/t9-/m0/s1. The molecule has 3 aromatic rings. The fourth-order valence-corrected chi connectivity index (χ4v) is 3.04. The maximum absolute atomic E-state index is 13.3. The lowest BCUT2D eigenvalue weighted by Gasteiger charge is -2.07. The van der Waals surface area contributed by atoms with Crippen LogP contribution in [0.3, 0.4) is 0 Å². The van der Waals surface area contributed by atoms with Gasteiger partial charge in [-0.1, -0.05) is 29.4 Å². The van der Waals surface area contributed by atoms with E-state index in [1.807, 2.05) is 0 Å². The molecule has 0 aliphatic rings. The molecule has 0 unspecified atom stereocenters. The number of ketones is 1. The van der Waals surface area contributed by atoms with Gasteiger partial charge in [-0.25, -0.2) is 8.78 Å². The number of benzene rings is 2. The number of aromatic nitrogens is 2. The van der Waals surface area contributed by atoms with Crippen LogP contribution in [0, 0.1) is 11.6 Å². The SMILES string of the molecule is C[C@H](Sc1nnc(-c2cccc(Cl)c2)o1)C(=O)c1ccc(F)c(F)c1. The molecular formula is C17H11ClF2N2O2S. The van der Waals surface area contributed by atoms with Crippen molar-refractivity contribution in [1.82, 2.24) is 10.2 Å². The molecule has 0 radical (unpaired) electrons. The van der Waals surface area contributed by atoms with Crippen molar-refractivity contribution in [3.63, 3.8) is 0 Å². The molecule has 1 atom stereocenters. The van der Waals surface area contributed by atoms with Crippen molar-refractivity contribution in [2.45, 2.75) is 17.4 Å². The lowest BCUT2D eigenvalue weighted by molar-refractivity contribution is 0.0993. The first-order valence-electron chi connectivity index (χ1n) is 7.19. The van der Waals surface area contributed by atoms with E-state index in [9.17, 15) is 13.6 Å². The second-order valence-corrected chi connectivity index (χ2v) is 6.87. The Kier molecular flexibility index (Phi) is 5.15. The lowest BCUT2D eigenvalue weighted by Crippen LogP contribution is -2.14. The Morgan fingerprint density at radius 1 is 1.16 bits per heavy atom. The third-order valence-electron chi connectivity index (χ3n) is 3.33. The molecular weight excluding hydrogens is 370 g/mol. The van der Waals surface area contributed by atoms with Crippen molar-refractivity contribution < 1.29 is 18.0 Å². The fraction of sp³-hybridized carbons (Fsp3) is 0.118. The second kappa shape index (κ2) is 7.33. The highest BCUT2D eigenvalue weighted by Gasteiger charge is 2.21. The first-order valence-corrected chi connectivity index (χ1v) is 8.45. The number of nitrogens with zero attached hydrogens (tertiary/aromatic N) is 2. The number of halogens is 3. The Hall–Kier alpha value is -2.25. The van der Waals surface area contributed by atoms with E-state index >= 15 is 0 Å². The molecule has 128 valence electrons. The summed E-state index contributed by atoms with van der Waals surface area (Å²) >= 11 is 6.96. The zero-order valence-electron chi connectivity index (χ0n) is 12.9. The predicted octanol–water partition coefficient (Wildman–Crippen LogP) is 5.03. The number of carbonyl (C=O) groups excluding carboxylic acids is 1. The van der Waals surface area contributed by atoms with Crippen molar-refractivity contribution >= 4 is 29.1 Å². The normalized spacial score (nSPS) is 12.2. The molecule has 0 aliphatic carbocycles. The van der Waals surface area contributed by atoms with Crippen LogP contribution >= 0.6 is 23.4 Å². The zero-order valence-corrected chi connectivity index (χ0v) is 14.4. The van der Waals surface area contributed by atoms with Crippen LogP contribution in [-0.4, -0.2) is 21.2 Å². The highest BCUT2D eigenvalue weighted by Crippen LogP contribution is 2.28. The summed E-state index contributed by atoms with van der Waals surface area (Å²) < 4.78 is 31.8. The maximum atomic E-state index is 13.3. The van der Waals surface area contributed by atoms with Crippen LogP contribution in [0.4, 0.5) is 8.78 Å². The molecule has 1 aromatic heterocycles. The van der Waals surface area contributed by atoms with Crippen LogP contribution in [0.1, 0.15) is 17.3 Å². The molecule has 0 saturated heterocycles. The Balaban J connectivity index is 1.74. The van der Waals surface area contributed by atoms with Gasteiger partial charge in [0.25, 0.3) is 5.22 Å². The van der Waals surface area contributed by atoms with Gasteiger partial charge in [0.1, 0.15) is 0 Å². The lowest BCUT2D eigenvalue weighted by atomic mass is 10.1. The molecule has 0 amide bonds. The summed E-state index contributed by atoms with van der Waals surface area (Å²) in [5.41, 5.74) is 0.736. The molecule has 2 aromatic carbocycles. The van der Waals surface area contributed by atoms with Crippen LogP contribution in [0.5, 0.6) is 0 Å². The van der Waals surface area contributed by atoms with E-state index in [0.717, 1.165) is 23.9 Å². The topological polar surface area (TPSA) is 56.0 Å². The fourth-order valence-electron chi connectivity index (χ4n) is 2.08. The van der Waals surface area contributed by atoms with Gasteiger partial charge in [-0.2, -0.15) is 0 Å². The van der Waals surface area contributed by atoms with Crippen LogP contribution < -0.4 is 0 Å². The summed E-state index contributed by atoms with van der Waals surface area (Å²) in [7, 11) is 0. The Morgan fingerprint density at radius 3 is 2.68 bits per heavy atom. The Labute approximate surface area is 151 Å². The largest absolute Gasteiger partial charge is 0.411 e. The first kappa shape index (κ1) is 17.6. The Bertz CT molecular complexity index is 933. The molecule has 4 nitrogen and oxygen atoms in total. The first-order chi connectivity index (χ1) is 11.9. The third kappa shape index (κ3) is 4.05. The number of rotatable bonds is 5. The molecule has 0 N–H and O–H groups in total. The number of Topliss-reactive ketones (excluding diaryl/α,β-unsaturated/α-hetero) is 1. The minimum absolute atomic E-state index is 0.0773. The van der Waals surface area contributed by atoms with Crippen LogP contribution in [0.15, 0.2) is 52.1 Å². The predicted molar refractivity (Wildman–Crippen MR) is 90.8 cm³/mol. The average molecular weight is 381 g/mol. The summed E-state index contributed by atoms with van der Waals surface area (Å²) in [5, 5.41) is 7.92. The second-order valence-electron chi connectivity index (χ2n) is 5.14. The number of carbonyl (C=O) groups is 1. The minimum atomic E-state index is -1.07. The maximum Gasteiger partial charge on any atom is 0.277 e. The smallest absolute Gasteiger partial charge is 0.277 e. The van der Waals surface area contributed by atoms with E-state index in [0.29, 0.717) is 10.6 Å². The molecule has 3 rings (SSSR count). The number of hydrogen-bond acceptors (Lipinski definition) is 5. The van der Waals surface area contributed by atoms with Gasteiger partial charge < -0.3 is 4.42 Å². The van der Waals surface area contributed by atoms with Crippen molar-refractivity contribution in [2.75, 3.05) is 0 Å². The molecule has 8 heteroatoms. The molecule has 25 heavy (non-hydrogen) atoms. The Morgan fingerprint density at radius 2 is 1.96 bits per heavy atom. The van der Waals surface area contributed by atoms with Gasteiger partial charge in [-0.3, -0.25) is 4.79 Å². The minimum Gasteiger partial charge on any atom is -0.411 e. The van der Waals surface area contributed by atoms with E-state index in [1.54, 1.807) is 31.2 Å². The highest BCUT2D eigenvalue weighted by atomic mass is 35.5. The summed E-state index contributed by atoms with van der Waals surface area (Å²) in [4.78, 5) is 12.3. The zero-order chi connectivity index (χ0) is 18.0. The summed E-state index contributed by atoms with van der Waals surface area (Å²) in [6.45, 7) is 1.62. The summed E-state index contributed by atoms with van der Waals surface area (Å²) in [6.07, 6.45) is 0. The van der Waals surface area contributed by atoms with Crippen LogP contribution in [0.25, 0.3) is 11.5 Å². The van der Waals surface area contributed by atoms with E-state index in [1.165, 1.54) is 6.07 Å². The number of hydrogen-bond donors (Lipinski definition) is 0. The van der Waals surface area contributed by atoms with E-state index in [-0.39, 0.29) is 22.5 Å². The van der Waals surface area contributed by atoms with Gasteiger partial charge in [0.15, 0.2) is 17.4 Å². The van der Waals surface area contributed by atoms with Crippen molar-refractivity contribution in [2.24, 2.45) is 0 Å². The van der Waals surface area contributed by atoms with Gasteiger partial charge in [0.05, 0.1) is 5.25 Å². The van der Waals surface area contributed by atoms with Crippen LogP contribution in [0.2, 0.25) is 5.02 Å². The monoisotopic (exact) mass is 380 g/mol. The molecule has 0 bridgehead atoms. The van der Waals surface area contributed by atoms with E-state index in [2.05, 4.69) is 10.2 Å². The quantitative estimate of drug-likeness (QED) is 0.459. The molecule has 0 spiro atoms. The summed E-state index contributed by atoms with van der Waals surface area (Å²) in [5.74, 6) is -2.16. The molecule has 0 saturated carbocycles. The van der Waals surface area contributed by atoms with E-state index < -0.39 is 16.9 Å². The van der Waals surface area contributed by atoms with Crippen LogP contribution in [-0.2, 0) is 0 Å². The third-order valence-corrected chi connectivity index (χ3v) is 4.50. The van der Waals surface area contributed by atoms with Crippen molar-refractivity contribution in [3.05, 3.63) is 64.7 Å². The van der Waals surface area contributed by atoms with Gasteiger partial charge in [0, 0.05) is 16.1 Å². The molecule has 0 fully saturated rings. The highest BCUT2D eigenvalue weighted by molar-refractivity contribution is 8.00. The average Bonchev–Trinajstić information content (AvgIpc) is 3.05. The van der Waals surface area contributed by atoms with Gasteiger partial charge >= 0.3 is 0 Å². The molecule has 0 aliphatic heterocycles. The number of thioether (sulfide) groups is 1. The van der Waals surface area contributed by atoms with Crippen molar-refractivity contribution in [3.8, 4) is 11.5 Å². The van der Waals surface area contributed by atoms with Gasteiger partial charge in [0.2, 0.25) is 5.89 Å².